The summed E-state index contributed by atoms with van der Waals surface area (Å²) in [5, 5.41) is 2.60. The van der Waals surface area contributed by atoms with E-state index >= 15 is 0 Å². The largest absolute Gasteiger partial charge is 0.411 e. The highest BCUT2D eigenvalue weighted by Crippen LogP contribution is 1.80. The van der Waals surface area contributed by atoms with Crippen LogP contribution in [0.4, 0.5) is 4.79 Å². The van der Waals surface area contributed by atoms with Crippen LogP contribution in [0.5, 0.6) is 0 Å². The van der Waals surface area contributed by atoms with Crippen LogP contribution in [0.3, 0.4) is 0 Å². The van der Waals surface area contributed by atoms with Crippen molar-refractivity contribution in [3.63, 3.8) is 0 Å². The predicted octanol–water partition coefficient (Wildman–Crippen LogP) is -0.262. The van der Waals surface area contributed by atoms with Crippen molar-refractivity contribution in [2.24, 2.45) is 0 Å². The topological polar surface area (TPSA) is 56.7 Å². The van der Waals surface area contributed by atoms with E-state index < -0.39 is 0 Å². The second kappa shape index (κ2) is 4.59. The fourth-order valence-electron chi connectivity index (χ4n) is 0.405. The van der Waals surface area contributed by atoms with Crippen LogP contribution in [0.2, 0.25) is 0 Å². The Morgan fingerprint density at radius 2 is 2.38 bits per heavy atom. The molecule has 0 atom stereocenters. The Kier molecular flexibility index (Phi) is 4.26. The second-order valence-corrected chi connectivity index (χ2v) is 1.70. The van der Waals surface area contributed by atoms with Crippen LogP contribution in [0.25, 0.3) is 0 Å². The first-order chi connectivity index (χ1) is 3.77. The number of hydrogen-bond acceptors (Lipinski definition) is 1. The molecule has 8 heavy (non-hydrogen) atoms. The van der Waals surface area contributed by atoms with Gasteiger partial charge in [-0.2, -0.15) is 0 Å². The van der Waals surface area contributed by atoms with Gasteiger partial charge >= 0.3 is 6.03 Å². The third-order valence-corrected chi connectivity index (χ3v) is 0.852. The molecular formula is C5H13N2O+. The Morgan fingerprint density at radius 3 is 2.75 bits per heavy atom. The molecule has 4 N–H and O–H groups in total. The lowest BCUT2D eigenvalue weighted by atomic mass is 10.3. The van der Waals surface area contributed by atoms with E-state index in [4.69, 9.17) is 0 Å². The highest BCUT2D eigenvalue weighted by Gasteiger charge is 1.90. The average molecular weight is 117 g/mol. The summed E-state index contributed by atoms with van der Waals surface area (Å²) in [4.78, 5) is 10.1. The molecule has 0 fully saturated rings. The molecule has 0 rings (SSSR count). The minimum atomic E-state index is -0.182. The van der Waals surface area contributed by atoms with Gasteiger partial charge in [-0.05, 0) is 6.42 Å². The van der Waals surface area contributed by atoms with E-state index in [1.807, 2.05) is 0 Å². The fraction of sp³-hybridized carbons (Fsp3) is 0.800. The van der Waals surface area contributed by atoms with Gasteiger partial charge in [0.15, 0.2) is 0 Å². The molecule has 0 aromatic carbocycles. The zero-order valence-corrected chi connectivity index (χ0v) is 5.24. The molecule has 0 radical (unpaired) electrons. The van der Waals surface area contributed by atoms with Crippen LogP contribution >= 0.6 is 0 Å². The maximum atomic E-state index is 10.1. The van der Waals surface area contributed by atoms with Gasteiger partial charge < -0.3 is 5.32 Å². The van der Waals surface area contributed by atoms with Crippen LogP contribution in [0.15, 0.2) is 0 Å². The van der Waals surface area contributed by atoms with E-state index in [0.29, 0.717) is 0 Å². The number of quaternary nitrogens is 1. The smallest absolute Gasteiger partial charge is 0.306 e. The van der Waals surface area contributed by atoms with Crippen molar-refractivity contribution >= 4 is 6.03 Å². The summed E-state index contributed by atoms with van der Waals surface area (Å²) in [6.07, 6.45) is 2.15. The molecule has 0 bridgehead atoms. The number of carbonyl (C=O) groups excluding carboxylic acids is 1. The van der Waals surface area contributed by atoms with E-state index in [2.05, 4.69) is 18.0 Å². The molecule has 0 aliphatic carbocycles. The Morgan fingerprint density at radius 1 is 1.75 bits per heavy atom. The van der Waals surface area contributed by atoms with Crippen LogP contribution in [-0.4, -0.2) is 12.6 Å². The molecule has 2 amide bonds. The predicted molar refractivity (Wildman–Crippen MR) is 31.2 cm³/mol. The SMILES string of the molecule is CCCCNC([NH3+])=O. The van der Waals surface area contributed by atoms with E-state index in [9.17, 15) is 4.79 Å². The van der Waals surface area contributed by atoms with Gasteiger partial charge in [-0.1, -0.05) is 13.3 Å². The molecule has 0 aromatic rings. The van der Waals surface area contributed by atoms with E-state index in [0.717, 1.165) is 19.4 Å². The molecule has 0 heterocycles. The van der Waals surface area contributed by atoms with Crippen LogP contribution < -0.4 is 11.1 Å². The number of rotatable bonds is 3. The third kappa shape index (κ3) is 5.43. The molecule has 0 aliphatic heterocycles. The number of urea groups is 1. The Balaban J connectivity index is 2.82. The minimum Gasteiger partial charge on any atom is -0.306 e. The first-order valence-corrected chi connectivity index (χ1v) is 2.87. The van der Waals surface area contributed by atoms with Gasteiger partial charge in [-0.25, -0.2) is 4.79 Å². The number of nitrogens with one attached hydrogen (secondary N) is 1. The first-order valence-electron chi connectivity index (χ1n) is 2.87. The van der Waals surface area contributed by atoms with Crippen molar-refractivity contribution in [3.05, 3.63) is 0 Å². The van der Waals surface area contributed by atoms with Crippen molar-refractivity contribution in [1.82, 2.24) is 5.32 Å². The molecule has 0 spiro atoms. The second-order valence-electron chi connectivity index (χ2n) is 1.70. The quantitative estimate of drug-likeness (QED) is 0.491. The summed E-state index contributed by atoms with van der Waals surface area (Å²) in [6.45, 7) is 2.84. The van der Waals surface area contributed by atoms with Crippen molar-refractivity contribution in [1.29, 1.82) is 0 Å². The normalized spacial score (nSPS) is 8.75. The summed E-state index contributed by atoms with van der Waals surface area (Å²) < 4.78 is 0. The van der Waals surface area contributed by atoms with E-state index in [-0.39, 0.29) is 6.03 Å². The molecule has 3 heteroatoms. The van der Waals surface area contributed by atoms with Gasteiger partial charge in [-0.3, -0.25) is 5.73 Å². The number of carbonyl (C=O) groups is 1. The van der Waals surface area contributed by atoms with E-state index in [1.54, 1.807) is 0 Å². The zero-order valence-electron chi connectivity index (χ0n) is 5.24. The van der Waals surface area contributed by atoms with Gasteiger partial charge in [0, 0.05) is 6.54 Å². The molecule has 0 saturated carbocycles. The summed E-state index contributed by atoms with van der Waals surface area (Å²) in [6, 6.07) is -0.182. The maximum absolute atomic E-state index is 10.1. The minimum absolute atomic E-state index is 0.182. The maximum Gasteiger partial charge on any atom is 0.411 e. The summed E-state index contributed by atoms with van der Waals surface area (Å²) in [5.41, 5.74) is 3.16. The lowest BCUT2D eigenvalue weighted by molar-refractivity contribution is -0.250. The van der Waals surface area contributed by atoms with Crippen molar-refractivity contribution in [3.8, 4) is 0 Å². The molecule has 0 aliphatic rings. The van der Waals surface area contributed by atoms with Gasteiger partial charge in [0.25, 0.3) is 0 Å². The monoisotopic (exact) mass is 117 g/mol. The zero-order chi connectivity index (χ0) is 6.41. The molecule has 0 unspecified atom stereocenters. The number of hydrogen-bond donors (Lipinski definition) is 2. The standard InChI is InChI=1S/C5H12N2O/c1-2-3-4-7-5(6)8/h2-4H2,1H3,(H3,6,7,8)/p+1. The third-order valence-electron chi connectivity index (χ3n) is 0.852. The number of unbranched alkanes of at least 4 members (excludes halogenated alkanes) is 1. The Labute approximate surface area is 49.3 Å². The van der Waals surface area contributed by atoms with Crippen LogP contribution in [0, 0.1) is 0 Å². The average Bonchev–Trinajstić information content (AvgIpc) is 1.66. The highest BCUT2D eigenvalue weighted by molar-refractivity contribution is 5.61. The van der Waals surface area contributed by atoms with Gasteiger partial charge in [0.2, 0.25) is 0 Å². The molecule has 48 valence electrons. The summed E-state index contributed by atoms with van der Waals surface area (Å²) >= 11 is 0. The van der Waals surface area contributed by atoms with Gasteiger partial charge in [0.1, 0.15) is 0 Å². The lowest BCUT2D eigenvalue weighted by Crippen LogP contribution is -2.62. The van der Waals surface area contributed by atoms with Crippen molar-refractivity contribution < 1.29 is 10.5 Å². The summed E-state index contributed by atoms with van der Waals surface area (Å²) in [5.74, 6) is 0. The molecule has 0 saturated heterocycles. The molecular weight excluding hydrogens is 104 g/mol. The van der Waals surface area contributed by atoms with Gasteiger partial charge in [-0.15, -0.1) is 0 Å². The number of amides is 2. The molecule has 0 aromatic heterocycles. The highest BCUT2D eigenvalue weighted by atomic mass is 16.2. The first kappa shape index (κ1) is 7.43. The van der Waals surface area contributed by atoms with Crippen LogP contribution in [-0.2, 0) is 0 Å². The van der Waals surface area contributed by atoms with Crippen molar-refractivity contribution in [2.45, 2.75) is 19.8 Å². The Hall–Kier alpha value is -0.570. The Bertz CT molecular complexity index is 72.8. The molecule has 3 nitrogen and oxygen atoms in total. The lowest BCUT2D eigenvalue weighted by Gasteiger charge is -1.93. The van der Waals surface area contributed by atoms with Crippen molar-refractivity contribution in [2.75, 3.05) is 6.54 Å². The fourth-order valence-corrected chi connectivity index (χ4v) is 0.405. The van der Waals surface area contributed by atoms with Crippen LogP contribution in [0.1, 0.15) is 19.8 Å². The van der Waals surface area contributed by atoms with E-state index in [1.165, 1.54) is 0 Å². The van der Waals surface area contributed by atoms with Gasteiger partial charge in [0.05, 0.1) is 0 Å². The summed E-state index contributed by atoms with van der Waals surface area (Å²) in [7, 11) is 0.